The van der Waals surface area contributed by atoms with Gasteiger partial charge in [0.15, 0.2) is 0 Å². The second kappa shape index (κ2) is 8.23. The first kappa shape index (κ1) is 17.8. The van der Waals surface area contributed by atoms with Crippen LogP contribution in [0.15, 0.2) is 24.3 Å². The van der Waals surface area contributed by atoms with Crippen molar-refractivity contribution in [1.82, 2.24) is 10.2 Å². The molecule has 3 rings (SSSR count). The monoisotopic (exact) mass is 316 g/mol. The molecule has 1 aliphatic carbocycles. The van der Waals surface area contributed by atoms with E-state index in [2.05, 4.69) is 41.4 Å². The van der Waals surface area contributed by atoms with Crippen molar-refractivity contribution in [1.29, 1.82) is 0 Å². The molecule has 1 N–H and O–H groups in total. The molecule has 4 heteroatoms. The molecule has 1 atom stereocenters. The fourth-order valence-corrected chi connectivity index (χ4v) is 3.10. The SMILES string of the molecule is Cc1ccccc1[C@H](CC1CC1)N1CCNCC1.Cl.Cl. The Labute approximate surface area is 135 Å². The van der Waals surface area contributed by atoms with Crippen LogP contribution in [0.1, 0.15) is 36.4 Å². The highest BCUT2D eigenvalue weighted by Crippen LogP contribution is 2.40. The minimum atomic E-state index is 0. The fraction of sp³-hybridized carbons (Fsp3) is 0.625. The quantitative estimate of drug-likeness (QED) is 0.913. The van der Waals surface area contributed by atoms with Crippen LogP contribution in [0.4, 0.5) is 0 Å². The molecule has 1 heterocycles. The van der Waals surface area contributed by atoms with Gasteiger partial charge in [-0.15, -0.1) is 24.8 Å². The number of nitrogens with one attached hydrogen (secondary N) is 1. The zero-order chi connectivity index (χ0) is 12.4. The van der Waals surface area contributed by atoms with Gasteiger partial charge in [0.1, 0.15) is 0 Å². The summed E-state index contributed by atoms with van der Waals surface area (Å²) in [6, 6.07) is 9.61. The van der Waals surface area contributed by atoms with Crippen LogP contribution in [-0.4, -0.2) is 31.1 Å². The molecule has 2 nitrogen and oxygen atoms in total. The minimum Gasteiger partial charge on any atom is -0.314 e. The average molecular weight is 317 g/mol. The van der Waals surface area contributed by atoms with Crippen LogP contribution in [0, 0.1) is 12.8 Å². The van der Waals surface area contributed by atoms with Crippen LogP contribution in [0.2, 0.25) is 0 Å². The van der Waals surface area contributed by atoms with Crippen molar-refractivity contribution in [2.45, 2.75) is 32.2 Å². The topological polar surface area (TPSA) is 15.3 Å². The number of hydrogen-bond donors (Lipinski definition) is 1. The van der Waals surface area contributed by atoms with Gasteiger partial charge < -0.3 is 5.32 Å². The summed E-state index contributed by atoms with van der Waals surface area (Å²) in [7, 11) is 0. The fourth-order valence-electron chi connectivity index (χ4n) is 3.10. The maximum atomic E-state index is 3.46. The first-order valence-electron chi connectivity index (χ1n) is 7.35. The van der Waals surface area contributed by atoms with E-state index in [1.54, 1.807) is 5.56 Å². The largest absolute Gasteiger partial charge is 0.314 e. The number of aryl methyl sites for hydroxylation is 1. The van der Waals surface area contributed by atoms with Crippen molar-refractivity contribution in [2.75, 3.05) is 26.2 Å². The second-order valence-corrected chi connectivity index (χ2v) is 5.84. The van der Waals surface area contributed by atoms with E-state index in [0.29, 0.717) is 6.04 Å². The molecule has 2 aliphatic rings. The summed E-state index contributed by atoms with van der Waals surface area (Å²) in [6.45, 7) is 6.95. The number of halogens is 2. The Kier molecular flexibility index (Phi) is 7.32. The van der Waals surface area contributed by atoms with Crippen molar-refractivity contribution in [2.24, 2.45) is 5.92 Å². The summed E-state index contributed by atoms with van der Waals surface area (Å²) in [5, 5.41) is 3.46. The molecule has 2 fully saturated rings. The summed E-state index contributed by atoms with van der Waals surface area (Å²) in [4.78, 5) is 2.69. The molecule has 1 saturated carbocycles. The predicted octanol–water partition coefficient (Wildman–Crippen LogP) is 3.59. The molecule has 1 saturated heterocycles. The zero-order valence-corrected chi connectivity index (χ0v) is 13.8. The molecule has 20 heavy (non-hydrogen) atoms. The van der Waals surface area contributed by atoms with Crippen molar-refractivity contribution in [3.63, 3.8) is 0 Å². The van der Waals surface area contributed by atoms with Gasteiger partial charge in [0, 0.05) is 32.2 Å². The van der Waals surface area contributed by atoms with Gasteiger partial charge in [0.2, 0.25) is 0 Å². The minimum absolute atomic E-state index is 0. The third-order valence-electron chi connectivity index (χ3n) is 4.39. The third kappa shape index (κ3) is 4.36. The number of hydrogen-bond acceptors (Lipinski definition) is 2. The average Bonchev–Trinajstić information content (AvgIpc) is 3.22. The van der Waals surface area contributed by atoms with Crippen LogP contribution in [0.3, 0.4) is 0 Å². The second-order valence-electron chi connectivity index (χ2n) is 5.84. The molecule has 0 unspecified atom stereocenters. The molecule has 1 aromatic rings. The first-order chi connectivity index (χ1) is 8.84. The van der Waals surface area contributed by atoms with Gasteiger partial charge in [0.05, 0.1) is 0 Å². The lowest BCUT2D eigenvalue weighted by Gasteiger charge is -2.36. The molecule has 1 aromatic carbocycles. The predicted molar refractivity (Wildman–Crippen MR) is 90.2 cm³/mol. The van der Waals surface area contributed by atoms with Crippen LogP contribution in [0.25, 0.3) is 0 Å². The van der Waals surface area contributed by atoms with Crippen LogP contribution < -0.4 is 5.32 Å². The summed E-state index contributed by atoms with van der Waals surface area (Å²) < 4.78 is 0. The van der Waals surface area contributed by atoms with E-state index in [1.807, 2.05) is 0 Å². The Morgan fingerprint density at radius 1 is 1.15 bits per heavy atom. The van der Waals surface area contributed by atoms with Gasteiger partial charge in [0.25, 0.3) is 0 Å². The maximum Gasteiger partial charge on any atom is 0.0354 e. The number of piperazine rings is 1. The molecular weight excluding hydrogens is 291 g/mol. The van der Waals surface area contributed by atoms with Crippen LogP contribution >= 0.6 is 24.8 Å². The van der Waals surface area contributed by atoms with Crippen molar-refractivity contribution in [3.8, 4) is 0 Å². The molecule has 0 aromatic heterocycles. The van der Waals surface area contributed by atoms with E-state index in [9.17, 15) is 0 Å². The lowest BCUT2D eigenvalue weighted by Crippen LogP contribution is -2.45. The molecule has 0 bridgehead atoms. The molecule has 1 aliphatic heterocycles. The van der Waals surface area contributed by atoms with E-state index in [1.165, 1.54) is 37.9 Å². The van der Waals surface area contributed by atoms with Crippen LogP contribution in [0.5, 0.6) is 0 Å². The molecule has 0 spiro atoms. The lowest BCUT2D eigenvalue weighted by molar-refractivity contribution is 0.160. The van der Waals surface area contributed by atoms with E-state index < -0.39 is 0 Å². The Hall–Kier alpha value is -0.280. The van der Waals surface area contributed by atoms with Gasteiger partial charge in [-0.05, 0) is 30.4 Å². The third-order valence-corrected chi connectivity index (χ3v) is 4.39. The lowest BCUT2D eigenvalue weighted by atomic mass is 9.95. The number of benzene rings is 1. The number of nitrogens with zero attached hydrogens (tertiary/aromatic N) is 1. The van der Waals surface area contributed by atoms with Crippen LogP contribution in [-0.2, 0) is 0 Å². The first-order valence-corrected chi connectivity index (χ1v) is 7.35. The smallest absolute Gasteiger partial charge is 0.0354 e. The van der Waals surface area contributed by atoms with E-state index in [4.69, 9.17) is 0 Å². The highest BCUT2D eigenvalue weighted by Gasteiger charge is 2.30. The maximum absolute atomic E-state index is 3.46. The van der Waals surface area contributed by atoms with Gasteiger partial charge in [-0.2, -0.15) is 0 Å². The number of rotatable bonds is 4. The molecular formula is C16H26Cl2N2. The Morgan fingerprint density at radius 3 is 2.40 bits per heavy atom. The Morgan fingerprint density at radius 2 is 1.80 bits per heavy atom. The standard InChI is InChI=1S/C16H24N2.2ClH/c1-13-4-2-3-5-15(13)16(12-14-6-7-14)18-10-8-17-9-11-18;;/h2-5,14,16-17H,6-12H2,1H3;2*1H/t16-;;/m0../s1. The molecule has 114 valence electrons. The Balaban J connectivity index is 0.000001000. The highest BCUT2D eigenvalue weighted by atomic mass is 35.5. The van der Waals surface area contributed by atoms with Gasteiger partial charge in [-0.3, -0.25) is 4.90 Å². The van der Waals surface area contributed by atoms with Gasteiger partial charge >= 0.3 is 0 Å². The summed E-state index contributed by atoms with van der Waals surface area (Å²) >= 11 is 0. The van der Waals surface area contributed by atoms with Crippen molar-refractivity contribution < 1.29 is 0 Å². The van der Waals surface area contributed by atoms with Crippen molar-refractivity contribution >= 4 is 24.8 Å². The van der Waals surface area contributed by atoms with Gasteiger partial charge in [-0.1, -0.05) is 37.1 Å². The van der Waals surface area contributed by atoms with Crippen molar-refractivity contribution in [3.05, 3.63) is 35.4 Å². The molecule has 0 amide bonds. The molecule has 0 radical (unpaired) electrons. The summed E-state index contributed by atoms with van der Waals surface area (Å²) in [5.41, 5.74) is 3.02. The Bertz CT molecular complexity index is 401. The summed E-state index contributed by atoms with van der Waals surface area (Å²) in [6.07, 6.45) is 4.27. The highest BCUT2D eigenvalue weighted by molar-refractivity contribution is 5.85. The summed E-state index contributed by atoms with van der Waals surface area (Å²) in [5.74, 6) is 0.990. The zero-order valence-electron chi connectivity index (χ0n) is 12.2. The van der Waals surface area contributed by atoms with Gasteiger partial charge in [-0.25, -0.2) is 0 Å². The van der Waals surface area contributed by atoms with E-state index >= 15 is 0 Å². The normalized spacial score (nSPS) is 20.6. The van der Waals surface area contributed by atoms with E-state index in [0.717, 1.165) is 19.0 Å². The van der Waals surface area contributed by atoms with E-state index in [-0.39, 0.29) is 24.8 Å².